The molecule has 0 heterocycles. The van der Waals surface area contributed by atoms with Gasteiger partial charge in [-0.25, -0.2) is 4.99 Å². The summed E-state index contributed by atoms with van der Waals surface area (Å²) < 4.78 is 0. The fourth-order valence-electron chi connectivity index (χ4n) is 0.168. The quantitative estimate of drug-likeness (QED) is 0.285. The first kappa shape index (κ1) is 6.68. The van der Waals surface area contributed by atoms with Crippen LogP contribution in [0, 0.1) is 0 Å². The highest BCUT2D eigenvalue weighted by atomic mass is 15.1. The normalized spacial score (nSPS) is 11.0. The summed E-state index contributed by atoms with van der Waals surface area (Å²) in [6.45, 7) is 3.30. The van der Waals surface area contributed by atoms with E-state index in [9.17, 15) is 0 Å². The van der Waals surface area contributed by atoms with E-state index in [1.165, 1.54) is 12.4 Å². The van der Waals surface area contributed by atoms with E-state index in [1.807, 2.05) is 0 Å². The van der Waals surface area contributed by atoms with Crippen molar-refractivity contribution in [2.24, 2.45) is 21.7 Å². The molecule has 0 saturated carbocycles. The summed E-state index contributed by atoms with van der Waals surface area (Å²) in [6.07, 6.45) is 2.68. The van der Waals surface area contributed by atoms with Crippen LogP contribution in [-0.4, -0.2) is 12.4 Å². The summed E-state index contributed by atoms with van der Waals surface area (Å²) >= 11 is 0. The second kappa shape index (κ2) is 3.86. The molecule has 4 heteroatoms. The number of aliphatic imine (C=N–C) groups is 1. The van der Waals surface area contributed by atoms with Crippen LogP contribution in [0.1, 0.15) is 0 Å². The molecule has 44 valence electrons. The molecule has 0 bridgehead atoms. The lowest BCUT2D eigenvalue weighted by molar-refractivity contribution is 1.26. The lowest BCUT2D eigenvalue weighted by Crippen LogP contribution is -1.91. The van der Waals surface area contributed by atoms with Crippen LogP contribution in [0.5, 0.6) is 0 Å². The maximum absolute atomic E-state index is 5.04. The van der Waals surface area contributed by atoms with Crippen molar-refractivity contribution < 1.29 is 0 Å². The van der Waals surface area contributed by atoms with Gasteiger partial charge in [0.15, 0.2) is 0 Å². The molecule has 4 nitrogen and oxygen atoms in total. The predicted octanol–water partition coefficient (Wildman–Crippen LogP) is -0.568. The largest absolute Gasteiger partial charge is 0.384 e. The number of rotatable bonds is 2. The maximum Gasteiger partial charge on any atom is 0.116 e. The number of hydrazone groups is 1. The van der Waals surface area contributed by atoms with E-state index in [2.05, 4.69) is 16.7 Å². The van der Waals surface area contributed by atoms with Gasteiger partial charge in [0.25, 0.3) is 0 Å². The fourth-order valence-corrected chi connectivity index (χ4v) is 0.168. The van der Waals surface area contributed by atoms with Gasteiger partial charge < -0.3 is 11.6 Å². The summed E-state index contributed by atoms with van der Waals surface area (Å²) in [5, 5.41) is 3.14. The van der Waals surface area contributed by atoms with Crippen molar-refractivity contribution in [2.45, 2.75) is 0 Å². The molecule has 0 amide bonds. The third-order valence-electron chi connectivity index (χ3n) is 0.393. The van der Waals surface area contributed by atoms with Gasteiger partial charge in [-0.3, -0.25) is 0 Å². The Morgan fingerprint density at radius 3 is 2.50 bits per heavy atom. The monoisotopic (exact) mass is 112 g/mol. The molecule has 4 N–H and O–H groups in total. The van der Waals surface area contributed by atoms with Gasteiger partial charge in [0.1, 0.15) is 5.82 Å². The summed E-state index contributed by atoms with van der Waals surface area (Å²) in [5.74, 6) is 4.96. The molecule has 0 atom stereocenters. The molecule has 0 radical (unpaired) electrons. The van der Waals surface area contributed by atoms with Gasteiger partial charge in [0.05, 0.1) is 6.21 Å². The average molecular weight is 112 g/mol. The Morgan fingerprint density at radius 1 is 1.50 bits per heavy atom. The predicted molar refractivity (Wildman–Crippen MR) is 34.5 cm³/mol. The van der Waals surface area contributed by atoms with Gasteiger partial charge in [-0.1, -0.05) is 6.58 Å². The SMILES string of the molecule is C=C(N)N=C/C=N\N. The van der Waals surface area contributed by atoms with Crippen molar-refractivity contribution in [3.8, 4) is 0 Å². The first-order chi connectivity index (χ1) is 3.77. The number of hydrogen-bond donors (Lipinski definition) is 2. The molecule has 0 fully saturated rings. The molecule has 0 aromatic rings. The van der Waals surface area contributed by atoms with Crippen molar-refractivity contribution >= 4 is 12.4 Å². The average Bonchev–Trinajstić information content (AvgIpc) is 1.66. The Bertz CT molecular complexity index is 124. The van der Waals surface area contributed by atoms with E-state index < -0.39 is 0 Å². The van der Waals surface area contributed by atoms with Crippen LogP contribution in [0.15, 0.2) is 22.5 Å². The third-order valence-corrected chi connectivity index (χ3v) is 0.393. The maximum atomic E-state index is 5.04. The molecule has 0 unspecified atom stereocenters. The molecule has 0 rings (SSSR count). The molecular formula is C4H8N4. The second-order valence-electron chi connectivity index (χ2n) is 1.07. The highest BCUT2D eigenvalue weighted by Crippen LogP contribution is 1.71. The molecule has 8 heavy (non-hydrogen) atoms. The van der Waals surface area contributed by atoms with Crippen molar-refractivity contribution in [1.82, 2.24) is 0 Å². The van der Waals surface area contributed by atoms with E-state index in [-0.39, 0.29) is 5.82 Å². The molecule has 0 aromatic carbocycles. The van der Waals surface area contributed by atoms with Crippen LogP contribution in [0.3, 0.4) is 0 Å². The second-order valence-corrected chi connectivity index (χ2v) is 1.07. The minimum absolute atomic E-state index is 0.241. The standard InChI is InChI=1S/C4H8N4/c1-4(5)7-2-3-8-6/h2-3H,1,5-6H2/b7-2?,8-3-. The number of hydrogen-bond acceptors (Lipinski definition) is 4. The first-order valence-corrected chi connectivity index (χ1v) is 1.97. The summed E-state index contributed by atoms with van der Waals surface area (Å²) in [5.41, 5.74) is 5.04. The highest BCUT2D eigenvalue weighted by Gasteiger charge is 1.67. The lowest BCUT2D eigenvalue weighted by Gasteiger charge is -1.79. The molecule has 0 aromatic heterocycles. The van der Waals surface area contributed by atoms with Gasteiger partial charge >= 0.3 is 0 Å². The number of nitrogens with zero attached hydrogens (tertiary/aromatic N) is 2. The van der Waals surface area contributed by atoms with Gasteiger partial charge in [-0.2, -0.15) is 5.10 Å². The van der Waals surface area contributed by atoms with Crippen LogP contribution < -0.4 is 11.6 Å². The molecule has 0 saturated heterocycles. The van der Waals surface area contributed by atoms with Crippen LogP contribution in [-0.2, 0) is 0 Å². The molecule has 0 spiro atoms. The molecule has 0 aliphatic carbocycles. The Balaban J connectivity index is 3.50. The van der Waals surface area contributed by atoms with E-state index in [0.29, 0.717) is 0 Å². The third kappa shape index (κ3) is 4.68. The van der Waals surface area contributed by atoms with E-state index in [0.717, 1.165) is 0 Å². The minimum Gasteiger partial charge on any atom is -0.384 e. The molecule has 0 aliphatic heterocycles. The van der Waals surface area contributed by atoms with E-state index in [4.69, 9.17) is 11.6 Å². The summed E-state index contributed by atoms with van der Waals surface area (Å²) in [4.78, 5) is 3.54. The van der Waals surface area contributed by atoms with Crippen molar-refractivity contribution in [2.75, 3.05) is 0 Å². The number of nitrogens with two attached hydrogens (primary N) is 2. The van der Waals surface area contributed by atoms with Gasteiger partial charge in [-0.15, -0.1) is 0 Å². The highest BCUT2D eigenvalue weighted by molar-refractivity contribution is 6.16. The van der Waals surface area contributed by atoms with Crippen LogP contribution in [0.4, 0.5) is 0 Å². The van der Waals surface area contributed by atoms with Gasteiger partial charge in [-0.05, 0) is 0 Å². The summed E-state index contributed by atoms with van der Waals surface area (Å²) in [6, 6.07) is 0. The zero-order chi connectivity index (χ0) is 6.41. The van der Waals surface area contributed by atoms with Crippen molar-refractivity contribution in [3.05, 3.63) is 12.4 Å². The van der Waals surface area contributed by atoms with Crippen molar-refractivity contribution in [1.29, 1.82) is 0 Å². The van der Waals surface area contributed by atoms with Gasteiger partial charge in [0.2, 0.25) is 0 Å². The van der Waals surface area contributed by atoms with Gasteiger partial charge in [0, 0.05) is 6.21 Å². The van der Waals surface area contributed by atoms with Crippen LogP contribution in [0.2, 0.25) is 0 Å². The smallest absolute Gasteiger partial charge is 0.116 e. The topological polar surface area (TPSA) is 76.8 Å². The Hall–Kier alpha value is -1.32. The molecule has 0 aliphatic rings. The minimum atomic E-state index is 0.241. The van der Waals surface area contributed by atoms with E-state index >= 15 is 0 Å². The first-order valence-electron chi connectivity index (χ1n) is 1.97. The van der Waals surface area contributed by atoms with Crippen LogP contribution >= 0.6 is 0 Å². The molecular weight excluding hydrogens is 104 g/mol. The Morgan fingerprint density at radius 2 is 2.12 bits per heavy atom. The fraction of sp³-hybridized carbons (Fsp3) is 0. The lowest BCUT2D eigenvalue weighted by atomic mass is 10.8. The van der Waals surface area contributed by atoms with Crippen molar-refractivity contribution in [3.63, 3.8) is 0 Å². The zero-order valence-electron chi connectivity index (χ0n) is 4.41. The van der Waals surface area contributed by atoms with E-state index in [1.54, 1.807) is 0 Å². The Labute approximate surface area is 47.6 Å². The summed E-state index contributed by atoms with van der Waals surface area (Å²) in [7, 11) is 0. The zero-order valence-corrected chi connectivity index (χ0v) is 4.41. The van der Waals surface area contributed by atoms with Crippen LogP contribution in [0.25, 0.3) is 0 Å². The Kier molecular flexibility index (Phi) is 3.22.